The Morgan fingerprint density at radius 2 is 1.54 bits per heavy atom. The number of hydrogen-bond donors (Lipinski definition) is 2. The van der Waals surface area contributed by atoms with E-state index >= 15 is 0 Å². The second-order valence-electron chi connectivity index (χ2n) is 5.31. The predicted octanol–water partition coefficient (Wildman–Crippen LogP) is 3.76. The lowest BCUT2D eigenvalue weighted by Gasteiger charge is -2.09. The van der Waals surface area contributed by atoms with Gasteiger partial charge in [0.05, 0.1) is 19.8 Å². The first-order valence-corrected chi connectivity index (χ1v) is 7.87. The van der Waals surface area contributed by atoms with Gasteiger partial charge in [-0.2, -0.15) is 4.98 Å². The molecular weight excluding hydrogens is 332 g/mol. The average Bonchev–Trinajstić information content (AvgIpc) is 2.69. The quantitative estimate of drug-likeness (QED) is 0.655. The van der Waals surface area contributed by atoms with Gasteiger partial charge in [-0.05, 0) is 54.6 Å². The summed E-state index contributed by atoms with van der Waals surface area (Å²) in [4.78, 5) is 20.1. The fourth-order valence-corrected chi connectivity index (χ4v) is 2.25. The van der Waals surface area contributed by atoms with Gasteiger partial charge in [0.15, 0.2) is 0 Å². The number of hydrogen-bond acceptors (Lipinski definition) is 7. The number of aromatic nitrogens is 2. The zero-order valence-corrected chi connectivity index (χ0v) is 14.4. The zero-order chi connectivity index (χ0) is 18.4. The predicted molar refractivity (Wildman–Crippen MR) is 99.4 cm³/mol. The molecule has 7 heteroatoms. The van der Waals surface area contributed by atoms with E-state index < -0.39 is 0 Å². The van der Waals surface area contributed by atoms with Crippen molar-refractivity contribution in [2.45, 2.75) is 0 Å². The molecule has 2 N–H and O–H groups in total. The fraction of sp³-hybridized carbons (Fsp3) is 0.105. The van der Waals surface area contributed by atoms with E-state index in [1.807, 2.05) is 24.3 Å². The van der Waals surface area contributed by atoms with Crippen LogP contribution in [0.15, 0.2) is 60.8 Å². The molecule has 132 valence electrons. The molecule has 26 heavy (non-hydrogen) atoms. The zero-order valence-electron chi connectivity index (χ0n) is 14.4. The minimum atomic E-state index is -0.371. The highest BCUT2D eigenvalue weighted by Gasteiger charge is 2.05. The Hall–Kier alpha value is -3.61. The summed E-state index contributed by atoms with van der Waals surface area (Å²) in [5.41, 5.74) is 2.14. The molecular formula is C19H18N4O3. The maximum atomic E-state index is 11.5. The summed E-state index contributed by atoms with van der Waals surface area (Å²) < 4.78 is 9.82. The van der Waals surface area contributed by atoms with Crippen molar-refractivity contribution in [2.24, 2.45) is 0 Å². The normalized spacial score (nSPS) is 10.1. The molecule has 0 saturated heterocycles. The molecule has 0 atom stereocenters. The van der Waals surface area contributed by atoms with Crippen LogP contribution >= 0.6 is 0 Å². The van der Waals surface area contributed by atoms with Crippen molar-refractivity contribution in [2.75, 3.05) is 24.9 Å². The highest BCUT2D eigenvalue weighted by atomic mass is 16.5. The minimum Gasteiger partial charge on any atom is -0.497 e. The van der Waals surface area contributed by atoms with Crippen molar-refractivity contribution >= 4 is 29.1 Å². The van der Waals surface area contributed by atoms with Crippen LogP contribution in [-0.2, 0) is 4.74 Å². The maximum absolute atomic E-state index is 11.5. The van der Waals surface area contributed by atoms with Gasteiger partial charge >= 0.3 is 5.97 Å². The van der Waals surface area contributed by atoms with E-state index in [4.69, 9.17) is 4.74 Å². The van der Waals surface area contributed by atoms with Crippen molar-refractivity contribution < 1.29 is 14.3 Å². The number of carbonyl (C=O) groups excluding carboxylic acids is 1. The summed E-state index contributed by atoms with van der Waals surface area (Å²) >= 11 is 0. The van der Waals surface area contributed by atoms with Crippen LogP contribution in [0.3, 0.4) is 0 Å². The first-order chi connectivity index (χ1) is 12.7. The van der Waals surface area contributed by atoms with Crippen molar-refractivity contribution in [1.82, 2.24) is 9.97 Å². The van der Waals surface area contributed by atoms with Gasteiger partial charge in [0.25, 0.3) is 0 Å². The molecule has 0 saturated carbocycles. The molecule has 1 heterocycles. The summed E-state index contributed by atoms with van der Waals surface area (Å²) in [5, 5.41) is 6.30. The Morgan fingerprint density at radius 1 is 0.885 bits per heavy atom. The summed E-state index contributed by atoms with van der Waals surface area (Å²) in [6.45, 7) is 0. The van der Waals surface area contributed by atoms with E-state index in [0.29, 0.717) is 17.3 Å². The SMILES string of the molecule is COC(=O)c1ccc(Nc2ccnc(Nc3ccc(OC)cc3)n2)cc1. The van der Waals surface area contributed by atoms with Gasteiger partial charge in [0, 0.05) is 17.6 Å². The Balaban J connectivity index is 1.69. The van der Waals surface area contributed by atoms with Crippen LogP contribution in [0.5, 0.6) is 5.75 Å². The Labute approximate surface area is 151 Å². The van der Waals surface area contributed by atoms with Crippen LogP contribution in [0.25, 0.3) is 0 Å². The monoisotopic (exact) mass is 350 g/mol. The minimum absolute atomic E-state index is 0.371. The number of esters is 1. The molecule has 2 aromatic carbocycles. The van der Waals surface area contributed by atoms with Gasteiger partial charge in [-0.1, -0.05) is 0 Å². The largest absolute Gasteiger partial charge is 0.497 e. The number of methoxy groups -OCH3 is 2. The number of rotatable bonds is 6. The van der Waals surface area contributed by atoms with Crippen LogP contribution < -0.4 is 15.4 Å². The first-order valence-electron chi connectivity index (χ1n) is 7.87. The number of carbonyl (C=O) groups is 1. The molecule has 0 bridgehead atoms. The Morgan fingerprint density at radius 3 is 2.19 bits per heavy atom. The lowest BCUT2D eigenvalue weighted by molar-refractivity contribution is 0.0601. The molecule has 3 aromatic rings. The molecule has 7 nitrogen and oxygen atoms in total. The first kappa shape index (κ1) is 17.2. The van der Waals surface area contributed by atoms with Crippen molar-refractivity contribution in [1.29, 1.82) is 0 Å². The van der Waals surface area contributed by atoms with Crippen molar-refractivity contribution in [3.8, 4) is 5.75 Å². The van der Waals surface area contributed by atoms with Gasteiger partial charge in [-0.15, -0.1) is 0 Å². The molecule has 0 radical (unpaired) electrons. The number of nitrogens with zero attached hydrogens (tertiary/aromatic N) is 2. The van der Waals surface area contributed by atoms with Crippen molar-refractivity contribution in [3.05, 3.63) is 66.4 Å². The van der Waals surface area contributed by atoms with Gasteiger partial charge in [-0.25, -0.2) is 9.78 Å². The topological polar surface area (TPSA) is 85.4 Å². The van der Waals surface area contributed by atoms with Gasteiger partial charge in [0.1, 0.15) is 11.6 Å². The number of ether oxygens (including phenoxy) is 2. The molecule has 0 aliphatic carbocycles. The third-order valence-electron chi connectivity index (χ3n) is 3.58. The molecule has 0 fully saturated rings. The Bertz CT molecular complexity index is 880. The third kappa shape index (κ3) is 4.27. The van der Waals surface area contributed by atoms with Gasteiger partial charge in [-0.3, -0.25) is 0 Å². The van der Waals surface area contributed by atoms with Crippen LogP contribution in [0.4, 0.5) is 23.1 Å². The smallest absolute Gasteiger partial charge is 0.337 e. The lowest BCUT2D eigenvalue weighted by atomic mass is 10.2. The second-order valence-corrected chi connectivity index (χ2v) is 5.31. The molecule has 1 aromatic heterocycles. The molecule has 0 spiro atoms. The maximum Gasteiger partial charge on any atom is 0.337 e. The van der Waals surface area contributed by atoms with E-state index in [0.717, 1.165) is 17.1 Å². The van der Waals surface area contributed by atoms with Gasteiger partial charge < -0.3 is 20.1 Å². The number of benzene rings is 2. The van der Waals surface area contributed by atoms with E-state index in [-0.39, 0.29) is 5.97 Å². The fourth-order valence-electron chi connectivity index (χ4n) is 2.25. The summed E-state index contributed by atoms with van der Waals surface area (Å²) in [6.07, 6.45) is 1.66. The van der Waals surface area contributed by atoms with E-state index in [2.05, 4.69) is 25.3 Å². The summed E-state index contributed by atoms with van der Waals surface area (Å²) in [5.74, 6) is 1.50. The van der Waals surface area contributed by atoms with Gasteiger partial charge in [0.2, 0.25) is 5.95 Å². The Kier molecular flexibility index (Phi) is 5.28. The molecule has 0 aliphatic heterocycles. The highest BCUT2D eigenvalue weighted by Crippen LogP contribution is 2.20. The van der Waals surface area contributed by atoms with Crippen LogP contribution in [-0.4, -0.2) is 30.2 Å². The average molecular weight is 350 g/mol. The standard InChI is InChI=1S/C19H18N4O3/c1-25-16-9-7-15(8-10-16)22-19-20-12-11-17(23-19)21-14-5-3-13(4-6-14)18(24)26-2/h3-12H,1-2H3,(H2,20,21,22,23). The molecule has 3 rings (SSSR count). The highest BCUT2D eigenvalue weighted by molar-refractivity contribution is 5.89. The molecule has 0 amide bonds. The number of anilines is 4. The van der Waals surface area contributed by atoms with Crippen LogP contribution in [0, 0.1) is 0 Å². The summed E-state index contributed by atoms with van der Waals surface area (Å²) in [7, 11) is 2.98. The molecule has 0 unspecified atom stereocenters. The van der Waals surface area contributed by atoms with Crippen LogP contribution in [0.2, 0.25) is 0 Å². The van der Waals surface area contributed by atoms with E-state index in [9.17, 15) is 4.79 Å². The van der Waals surface area contributed by atoms with E-state index in [1.54, 1.807) is 43.6 Å². The van der Waals surface area contributed by atoms with Crippen molar-refractivity contribution in [3.63, 3.8) is 0 Å². The van der Waals surface area contributed by atoms with E-state index in [1.165, 1.54) is 7.11 Å². The second kappa shape index (κ2) is 7.98. The number of nitrogens with one attached hydrogen (secondary N) is 2. The lowest BCUT2D eigenvalue weighted by Crippen LogP contribution is -2.02. The third-order valence-corrected chi connectivity index (χ3v) is 3.58. The van der Waals surface area contributed by atoms with Crippen LogP contribution in [0.1, 0.15) is 10.4 Å². The molecule has 0 aliphatic rings. The summed E-state index contributed by atoms with van der Waals surface area (Å²) in [6, 6.07) is 16.2.